The Bertz CT molecular complexity index is 734. The van der Waals surface area contributed by atoms with E-state index in [1.54, 1.807) is 6.20 Å². The standard InChI is InChI=1S/C18H19N3O/c22-17-15(12-11-14-7-3-1-4-8-14)13-19-18(21-17)20-16-9-5-2-6-10-16/h1,3-4,7-8,13,16H,2,5-6,9-10H2,(H2,19,20,21,22). The molecule has 0 amide bonds. The predicted molar refractivity (Wildman–Crippen MR) is 87.8 cm³/mol. The van der Waals surface area contributed by atoms with Gasteiger partial charge < -0.3 is 5.32 Å². The summed E-state index contributed by atoms with van der Waals surface area (Å²) < 4.78 is 0. The van der Waals surface area contributed by atoms with Gasteiger partial charge in [0.05, 0.1) is 6.20 Å². The van der Waals surface area contributed by atoms with E-state index in [1.165, 1.54) is 19.3 Å². The van der Waals surface area contributed by atoms with Crippen LogP contribution in [0.3, 0.4) is 0 Å². The molecule has 1 aliphatic carbocycles. The highest BCUT2D eigenvalue weighted by atomic mass is 16.1. The minimum absolute atomic E-state index is 0.197. The van der Waals surface area contributed by atoms with Crippen LogP contribution in [0.5, 0.6) is 0 Å². The largest absolute Gasteiger partial charge is 0.353 e. The highest BCUT2D eigenvalue weighted by molar-refractivity contribution is 5.42. The normalized spacial score (nSPS) is 14.9. The van der Waals surface area contributed by atoms with Crippen molar-refractivity contribution >= 4 is 5.95 Å². The summed E-state index contributed by atoms with van der Waals surface area (Å²) in [5.41, 5.74) is 1.07. The van der Waals surface area contributed by atoms with Crippen LogP contribution in [0, 0.1) is 11.8 Å². The lowest BCUT2D eigenvalue weighted by molar-refractivity contribution is 0.460. The molecule has 4 heteroatoms. The van der Waals surface area contributed by atoms with Crippen LogP contribution in [0.1, 0.15) is 43.2 Å². The van der Waals surface area contributed by atoms with Gasteiger partial charge in [-0.15, -0.1) is 0 Å². The molecule has 3 rings (SSSR count). The maximum atomic E-state index is 12.1. The first kappa shape index (κ1) is 14.4. The van der Waals surface area contributed by atoms with Gasteiger partial charge in [-0.1, -0.05) is 49.3 Å². The third-order valence-corrected chi connectivity index (χ3v) is 3.86. The smallest absolute Gasteiger partial charge is 0.268 e. The van der Waals surface area contributed by atoms with Crippen LogP contribution in [-0.4, -0.2) is 16.0 Å². The van der Waals surface area contributed by atoms with Crippen LogP contribution in [0.15, 0.2) is 41.3 Å². The fourth-order valence-corrected chi connectivity index (χ4v) is 2.66. The molecule has 0 unspecified atom stereocenters. The van der Waals surface area contributed by atoms with Gasteiger partial charge in [0.25, 0.3) is 5.56 Å². The topological polar surface area (TPSA) is 57.8 Å². The Balaban J connectivity index is 1.72. The fourth-order valence-electron chi connectivity index (χ4n) is 2.66. The third-order valence-electron chi connectivity index (χ3n) is 3.86. The van der Waals surface area contributed by atoms with Crippen molar-refractivity contribution in [3.05, 3.63) is 58.0 Å². The second-order valence-corrected chi connectivity index (χ2v) is 5.57. The number of anilines is 1. The van der Waals surface area contributed by atoms with E-state index in [-0.39, 0.29) is 5.56 Å². The molecule has 0 atom stereocenters. The molecule has 0 bridgehead atoms. The molecule has 1 aromatic carbocycles. The van der Waals surface area contributed by atoms with Gasteiger partial charge in [0, 0.05) is 11.6 Å². The van der Waals surface area contributed by atoms with E-state index in [0.29, 0.717) is 17.6 Å². The van der Waals surface area contributed by atoms with Gasteiger partial charge in [0.1, 0.15) is 5.56 Å². The Labute approximate surface area is 130 Å². The number of aromatic nitrogens is 2. The zero-order chi connectivity index (χ0) is 15.2. The lowest BCUT2D eigenvalue weighted by atomic mass is 9.96. The molecule has 0 radical (unpaired) electrons. The average molecular weight is 293 g/mol. The maximum absolute atomic E-state index is 12.1. The number of nitrogens with one attached hydrogen (secondary N) is 2. The van der Waals surface area contributed by atoms with Crippen LogP contribution >= 0.6 is 0 Å². The third kappa shape index (κ3) is 3.76. The van der Waals surface area contributed by atoms with Gasteiger partial charge in [0.2, 0.25) is 5.95 Å². The number of nitrogens with zero attached hydrogens (tertiary/aromatic N) is 1. The van der Waals surface area contributed by atoms with Crippen molar-refractivity contribution in [3.63, 3.8) is 0 Å². The molecule has 2 aromatic rings. The van der Waals surface area contributed by atoms with Crippen molar-refractivity contribution in [1.82, 2.24) is 9.97 Å². The van der Waals surface area contributed by atoms with Crippen LogP contribution in [0.4, 0.5) is 5.95 Å². The van der Waals surface area contributed by atoms with Crippen molar-refractivity contribution in [2.45, 2.75) is 38.1 Å². The Morgan fingerprint density at radius 3 is 2.59 bits per heavy atom. The Morgan fingerprint density at radius 1 is 1.09 bits per heavy atom. The minimum atomic E-state index is -0.197. The monoisotopic (exact) mass is 293 g/mol. The first-order valence-corrected chi connectivity index (χ1v) is 7.74. The number of aromatic amines is 1. The number of hydrogen-bond acceptors (Lipinski definition) is 3. The summed E-state index contributed by atoms with van der Waals surface area (Å²) in [7, 11) is 0. The second kappa shape index (κ2) is 6.95. The molecular formula is C18H19N3O. The van der Waals surface area contributed by atoms with Crippen molar-refractivity contribution in [1.29, 1.82) is 0 Å². The Kier molecular flexibility index (Phi) is 4.55. The molecule has 112 valence electrons. The quantitative estimate of drug-likeness (QED) is 0.837. The predicted octanol–water partition coefficient (Wildman–Crippen LogP) is 2.91. The second-order valence-electron chi connectivity index (χ2n) is 5.57. The summed E-state index contributed by atoms with van der Waals surface area (Å²) in [5.74, 6) is 6.39. The van der Waals surface area contributed by atoms with Crippen LogP contribution < -0.4 is 10.9 Å². The van der Waals surface area contributed by atoms with Crippen molar-refractivity contribution in [3.8, 4) is 11.8 Å². The molecule has 1 aliphatic rings. The molecule has 0 saturated heterocycles. The lowest BCUT2D eigenvalue weighted by Gasteiger charge is -2.22. The lowest BCUT2D eigenvalue weighted by Crippen LogP contribution is -2.25. The van der Waals surface area contributed by atoms with Gasteiger partial charge in [-0.2, -0.15) is 0 Å². The summed E-state index contributed by atoms with van der Waals surface area (Å²) in [4.78, 5) is 19.1. The molecule has 1 aromatic heterocycles. The molecular weight excluding hydrogens is 274 g/mol. The zero-order valence-electron chi connectivity index (χ0n) is 12.4. The van der Waals surface area contributed by atoms with E-state index in [2.05, 4.69) is 27.1 Å². The van der Waals surface area contributed by atoms with E-state index in [1.807, 2.05) is 30.3 Å². The van der Waals surface area contributed by atoms with Gasteiger partial charge in [-0.05, 0) is 25.0 Å². The van der Waals surface area contributed by atoms with E-state index < -0.39 is 0 Å². The Hall–Kier alpha value is -2.54. The highest BCUT2D eigenvalue weighted by Gasteiger charge is 2.13. The SMILES string of the molecule is O=c1[nH]c(NC2CCCCC2)ncc1C#Cc1ccccc1. The molecule has 0 aliphatic heterocycles. The fraction of sp³-hybridized carbons (Fsp3) is 0.333. The van der Waals surface area contributed by atoms with E-state index in [4.69, 9.17) is 0 Å². The summed E-state index contributed by atoms with van der Waals surface area (Å²) in [6.45, 7) is 0. The number of benzene rings is 1. The molecule has 1 heterocycles. The molecule has 22 heavy (non-hydrogen) atoms. The number of rotatable bonds is 2. The molecule has 1 fully saturated rings. The first-order chi connectivity index (χ1) is 10.8. The molecule has 4 nitrogen and oxygen atoms in total. The van der Waals surface area contributed by atoms with Crippen molar-refractivity contribution < 1.29 is 0 Å². The van der Waals surface area contributed by atoms with Gasteiger partial charge >= 0.3 is 0 Å². The summed E-state index contributed by atoms with van der Waals surface area (Å²) in [6, 6.07) is 10.0. The highest BCUT2D eigenvalue weighted by Crippen LogP contribution is 2.19. The van der Waals surface area contributed by atoms with E-state index in [9.17, 15) is 4.79 Å². The van der Waals surface area contributed by atoms with E-state index >= 15 is 0 Å². The molecule has 0 spiro atoms. The Morgan fingerprint density at radius 2 is 1.86 bits per heavy atom. The minimum Gasteiger partial charge on any atom is -0.353 e. The van der Waals surface area contributed by atoms with Gasteiger partial charge in [0.15, 0.2) is 0 Å². The average Bonchev–Trinajstić information content (AvgIpc) is 2.56. The zero-order valence-corrected chi connectivity index (χ0v) is 12.4. The van der Waals surface area contributed by atoms with Crippen LogP contribution in [0.2, 0.25) is 0 Å². The first-order valence-electron chi connectivity index (χ1n) is 7.74. The van der Waals surface area contributed by atoms with Crippen LogP contribution in [0.25, 0.3) is 0 Å². The summed E-state index contributed by atoms with van der Waals surface area (Å²) >= 11 is 0. The van der Waals surface area contributed by atoms with Gasteiger partial charge in [-0.25, -0.2) is 4.98 Å². The maximum Gasteiger partial charge on any atom is 0.268 e. The molecule has 2 N–H and O–H groups in total. The molecule has 1 saturated carbocycles. The van der Waals surface area contributed by atoms with Gasteiger partial charge in [-0.3, -0.25) is 9.78 Å². The van der Waals surface area contributed by atoms with E-state index in [0.717, 1.165) is 18.4 Å². The number of H-pyrrole nitrogens is 1. The number of hydrogen-bond donors (Lipinski definition) is 2. The summed E-state index contributed by atoms with van der Waals surface area (Å²) in [5, 5.41) is 3.31. The van der Waals surface area contributed by atoms with Crippen LogP contribution in [-0.2, 0) is 0 Å². The van der Waals surface area contributed by atoms with Crippen molar-refractivity contribution in [2.24, 2.45) is 0 Å². The summed E-state index contributed by atoms with van der Waals surface area (Å²) in [6.07, 6.45) is 7.60. The van der Waals surface area contributed by atoms with Crippen molar-refractivity contribution in [2.75, 3.05) is 5.32 Å².